The van der Waals surface area contributed by atoms with Crippen LogP contribution in [0.25, 0.3) is 0 Å². The molecule has 0 N–H and O–H groups in total. The van der Waals surface area contributed by atoms with Crippen LogP contribution in [-0.2, 0) is 4.74 Å². The van der Waals surface area contributed by atoms with Crippen LogP contribution in [0, 0.1) is 13.8 Å². The fourth-order valence-corrected chi connectivity index (χ4v) is 1.67. The summed E-state index contributed by atoms with van der Waals surface area (Å²) in [5.74, 6) is 0. The number of ether oxygens (including phenoxy) is 1. The van der Waals surface area contributed by atoms with Gasteiger partial charge >= 0.3 is 0 Å². The summed E-state index contributed by atoms with van der Waals surface area (Å²) >= 11 is 0. The van der Waals surface area contributed by atoms with E-state index in [0.717, 1.165) is 26.3 Å². The lowest BCUT2D eigenvalue weighted by atomic mass is 10.3. The van der Waals surface area contributed by atoms with Crippen molar-refractivity contribution in [1.82, 2.24) is 4.68 Å². The monoisotopic (exact) mass is 180 g/mol. The maximum atomic E-state index is 5.31. The van der Waals surface area contributed by atoms with E-state index in [-0.39, 0.29) is 0 Å². The molecule has 13 heavy (non-hydrogen) atoms. The lowest BCUT2D eigenvalue weighted by molar-refractivity contribution is 0.111. The van der Waals surface area contributed by atoms with E-state index in [2.05, 4.69) is 35.8 Å². The number of hydrogen-bond donors (Lipinski definition) is 0. The molecule has 1 saturated heterocycles. The van der Waals surface area contributed by atoms with Crippen molar-refractivity contribution in [2.75, 3.05) is 31.3 Å². The number of aromatic nitrogens is 1. The molecule has 1 aromatic rings. The highest BCUT2D eigenvalue weighted by atomic mass is 16.5. The van der Waals surface area contributed by atoms with Crippen molar-refractivity contribution in [3.8, 4) is 0 Å². The van der Waals surface area contributed by atoms with Crippen LogP contribution in [0.1, 0.15) is 11.3 Å². The van der Waals surface area contributed by atoms with Gasteiger partial charge in [0.1, 0.15) is 0 Å². The molecule has 0 amide bonds. The molecule has 1 aromatic heterocycles. The topological polar surface area (TPSA) is 17.4 Å². The van der Waals surface area contributed by atoms with Crippen LogP contribution in [-0.4, -0.2) is 31.0 Å². The van der Waals surface area contributed by atoms with Crippen molar-refractivity contribution >= 4 is 0 Å². The van der Waals surface area contributed by atoms with Crippen molar-refractivity contribution in [3.63, 3.8) is 0 Å². The Bertz CT molecular complexity index is 287. The molecule has 72 valence electrons. The Labute approximate surface area is 78.9 Å². The fourth-order valence-electron chi connectivity index (χ4n) is 1.67. The second-order valence-corrected chi connectivity index (χ2v) is 3.49. The number of nitrogens with zero attached hydrogens (tertiary/aromatic N) is 2. The first kappa shape index (κ1) is 8.63. The average molecular weight is 180 g/mol. The van der Waals surface area contributed by atoms with Crippen molar-refractivity contribution in [2.24, 2.45) is 0 Å². The van der Waals surface area contributed by atoms with E-state index in [4.69, 9.17) is 4.74 Å². The summed E-state index contributed by atoms with van der Waals surface area (Å²) < 4.78 is 7.55. The zero-order valence-electron chi connectivity index (χ0n) is 8.29. The summed E-state index contributed by atoms with van der Waals surface area (Å²) in [6.45, 7) is 7.98. The summed E-state index contributed by atoms with van der Waals surface area (Å²) in [5, 5.41) is 2.33. The minimum absolute atomic E-state index is 0.844. The van der Waals surface area contributed by atoms with Crippen molar-refractivity contribution in [3.05, 3.63) is 23.5 Å². The van der Waals surface area contributed by atoms with Gasteiger partial charge in [-0.25, -0.2) is 0 Å². The van der Waals surface area contributed by atoms with Crippen molar-refractivity contribution in [1.29, 1.82) is 0 Å². The third kappa shape index (κ3) is 1.56. The highest BCUT2D eigenvalue weighted by Gasteiger charge is 2.12. The molecule has 0 unspecified atom stereocenters. The van der Waals surface area contributed by atoms with Crippen LogP contribution >= 0.6 is 0 Å². The first-order chi connectivity index (χ1) is 6.29. The van der Waals surface area contributed by atoms with E-state index in [1.54, 1.807) is 0 Å². The van der Waals surface area contributed by atoms with E-state index in [1.807, 2.05) is 0 Å². The van der Waals surface area contributed by atoms with E-state index >= 15 is 0 Å². The van der Waals surface area contributed by atoms with Crippen LogP contribution in [0.5, 0.6) is 0 Å². The largest absolute Gasteiger partial charge is 0.378 e. The first-order valence-electron chi connectivity index (χ1n) is 4.76. The van der Waals surface area contributed by atoms with Gasteiger partial charge in [-0.2, -0.15) is 0 Å². The molecule has 0 spiro atoms. The van der Waals surface area contributed by atoms with E-state index < -0.39 is 0 Å². The summed E-state index contributed by atoms with van der Waals surface area (Å²) in [6.07, 6.45) is 2.13. The Morgan fingerprint density at radius 3 is 2.46 bits per heavy atom. The summed E-state index contributed by atoms with van der Waals surface area (Å²) in [7, 11) is 0. The molecule has 0 radical (unpaired) electrons. The summed E-state index contributed by atoms with van der Waals surface area (Å²) in [4.78, 5) is 0. The average Bonchev–Trinajstić information content (AvgIpc) is 2.49. The molecule has 1 fully saturated rings. The molecule has 3 nitrogen and oxygen atoms in total. The van der Waals surface area contributed by atoms with Gasteiger partial charge in [0.25, 0.3) is 0 Å². The molecule has 0 atom stereocenters. The molecular weight excluding hydrogens is 164 g/mol. The molecule has 1 aliphatic rings. The highest BCUT2D eigenvalue weighted by molar-refractivity contribution is 5.21. The van der Waals surface area contributed by atoms with Crippen LogP contribution in [0.4, 0.5) is 0 Å². The Kier molecular flexibility index (Phi) is 2.27. The van der Waals surface area contributed by atoms with E-state index in [0.29, 0.717) is 0 Å². The second kappa shape index (κ2) is 3.42. The molecule has 2 heterocycles. The number of morpholine rings is 1. The lowest BCUT2D eigenvalue weighted by Crippen LogP contribution is -2.44. The standard InChI is InChI=1S/C10H16N2O/c1-9-3-4-12(10(9)2)11-5-7-13-8-6-11/h3-4H,5-8H2,1-2H3. The Morgan fingerprint density at radius 2 is 1.92 bits per heavy atom. The number of rotatable bonds is 1. The Balaban J connectivity index is 2.18. The Morgan fingerprint density at radius 1 is 1.23 bits per heavy atom. The SMILES string of the molecule is Cc1ccn(N2CCOCC2)c1C. The molecule has 0 saturated carbocycles. The highest BCUT2D eigenvalue weighted by Crippen LogP contribution is 2.09. The molecule has 0 aromatic carbocycles. The lowest BCUT2D eigenvalue weighted by Gasteiger charge is -2.31. The summed E-state index contributed by atoms with van der Waals surface area (Å²) in [6, 6.07) is 2.16. The molecule has 0 bridgehead atoms. The van der Waals surface area contributed by atoms with Gasteiger partial charge in [0.15, 0.2) is 0 Å². The minimum atomic E-state index is 0.844. The molecule has 0 aliphatic carbocycles. The molecule has 3 heteroatoms. The van der Waals surface area contributed by atoms with Gasteiger partial charge in [-0.1, -0.05) is 0 Å². The van der Waals surface area contributed by atoms with Gasteiger partial charge in [0, 0.05) is 11.9 Å². The van der Waals surface area contributed by atoms with Crippen LogP contribution in [0.2, 0.25) is 0 Å². The maximum absolute atomic E-state index is 5.31. The predicted octanol–water partition coefficient (Wildman–Crippen LogP) is 1.07. The molecule has 1 aliphatic heterocycles. The van der Waals surface area contributed by atoms with Crippen LogP contribution < -0.4 is 5.01 Å². The summed E-state index contributed by atoms with van der Waals surface area (Å²) in [5.41, 5.74) is 2.69. The third-order valence-corrected chi connectivity index (χ3v) is 2.67. The number of hydrogen-bond acceptors (Lipinski definition) is 2. The van der Waals surface area contributed by atoms with Crippen LogP contribution in [0.15, 0.2) is 12.3 Å². The molecular formula is C10H16N2O. The minimum Gasteiger partial charge on any atom is -0.378 e. The number of aryl methyl sites for hydroxylation is 1. The van der Waals surface area contributed by atoms with Gasteiger partial charge in [-0.05, 0) is 25.5 Å². The zero-order valence-corrected chi connectivity index (χ0v) is 8.29. The van der Waals surface area contributed by atoms with Gasteiger partial charge in [-0.3, -0.25) is 4.68 Å². The maximum Gasteiger partial charge on any atom is 0.0658 e. The third-order valence-electron chi connectivity index (χ3n) is 2.67. The zero-order chi connectivity index (χ0) is 9.26. The second-order valence-electron chi connectivity index (χ2n) is 3.49. The van der Waals surface area contributed by atoms with Gasteiger partial charge in [0.05, 0.1) is 26.3 Å². The van der Waals surface area contributed by atoms with Gasteiger partial charge < -0.3 is 9.75 Å². The normalized spacial score (nSPS) is 17.8. The van der Waals surface area contributed by atoms with Gasteiger partial charge in [0.2, 0.25) is 0 Å². The molecule has 2 rings (SSSR count). The van der Waals surface area contributed by atoms with Gasteiger partial charge in [-0.15, -0.1) is 0 Å². The van der Waals surface area contributed by atoms with E-state index in [9.17, 15) is 0 Å². The predicted molar refractivity (Wildman–Crippen MR) is 52.7 cm³/mol. The van der Waals surface area contributed by atoms with Crippen LogP contribution in [0.3, 0.4) is 0 Å². The first-order valence-corrected chi connectivity index (χ1v) is 4.76. The smallest absolute Gasteiger partial charge is 0.0658 e. The Hall–Kier alpha value is -0.960. The van der Waals surface area contributed by atoms with E-state index in [1.165, 1.54) is 11.3 Å². The van der Waals surface area contributed by atoms with Crippen molar-refractivity contribution < 1.29 is 4.74 Å². The van der Waals surface area contributed by atoms with Crippen molar-refractivity contribution in [2.45, 2.75) is 13.8 Å². The fraction of sp³-hybridized carbons (Fsp3) is 0.600. The quantitative estimate of drug-likeness (QED) is 0.643.